The molecule has 1 aromatic carbocycles. The van der Waals surface area contributed by atoms with Crippen LogP contribution in [0.25, 0.3) is 11.3 Å². The summed E-state index contributed by atoms with van der Waals surface area (Å²) in [4.78, 5) is 2.01. The molecule has 4 heteroatoms. The lowest BCUT2D eigenvalue weighted by atomic mass is 10.00. The second kappa shape index (κ2) is 3.01. The molecule has 0 atom stereocenters. The predicted octanol–water partition coefficient (Wildman–Crippen LogP) is 1.62. The second-order valence-corrected chi connectivity index (χ2v) is 4.05. The third-order valence-corrected chi connectivity index (χ3v) is 2.90. The Morgan fingerprint density at radius 3 is 3.19 bits per heavy atom. The first kappa shape index (κ1) is 6.58. The number of nitrogen functional groups attached to an aromatic ring is 1. The minimum absolute atomic E-state index is 0.604. The summed E-state index contributed by atoms with van der Waals surface area (Å²) in [5.74, 6) is 0. The number of nitrogens with two attached hydrogens (primary N) is 1. The molecule has 82 valence electrons. The smallest absolute Gasteiger partial charge is 0.0994 e. The Kier molecular flexibility index (Phi) is 1.24. The molecule has 1 aliphatic rings. The predicted molar refractivity (Wildman–Crippen MR) is 65.2 cm³/mol. The van der Waals surface area contributed by atoms with Crippen LogP contribution >= 0.6 is 0 Å². The summed E-state index contributed by atoms with van der Waals surface area (Å²) in [6.07, 6.45) is 1.59. The number of aromatic nitrogens is 2. The Labute approximate surface area is 98.5 Å². The van der Waals surface area contributed by atoms with E-state index in [0.717, 1.165) is 21.5 Å². The number of hydrogen-bond donors (Lipinski definition) is 1. The normalized spacial score (nSPS) is 17.1. The van der Waals surface area contributed by atoms with Gasteiger partial charge in [-0.25, -0.2) is 0 Å². The van der Waals surface area contributed by atoms with Gasteiger partial charge in [-0.2, -0.15) is 5.10 Å². The first-order chi connectivity index (χ1) is 8.88. The van der Waals surface area contributed by atoms with Gasteiger partial charge in [0.05, 0.1) is 17.1 Å². The Balaban J connectivity index is 2.22. The number of para-hydroxylation sites is 1. The zero-order chi connectivity index (χ0) is 13.8. The van der Waals surface area contributed by atoms with Crippen molar-refractivity contribution in [1.82, 2.24) is 9.78 Å². The van der Waals surface area contributed by atoms with Crippen LogP contribution in [0.1, 0.15) is 9.68 Å². The number of benzene rings is 1. The molecule has 1 aromatic heterocycles. The van der Waals surface area contributed by atoms with Crippen molar-refractivity contribution in [3.63, 3.8) is 0 Å². The Morgan fingerprint density at radius 1 is 1.50 bits per heavy atom. The standard InChI is InChI=1S/C12H14N4/c1-15-6-8-7-16(2)14-11(8)9-4-3-5-10(13)12(9)15/h3-5,7H,6,13H2,1-2H3/i2D3. The molecule has 0 spiro atoms. The van der Waals surface area contributed by atoms with Crippen LogP contribution in [-0.4, -0.2) is 16.8 Å². The van der Waals surface area contributed by atoms with Gasteiger partial charge in [-0.1, -0.05) is 12.1 Å². The molecule has 0 unspecified atom stereocenters. The second-order valence-electron chi connectivity index (χ2n) is 4.05. The van der Waals surface area contributed by atoms with Gasteiger partial charge < -0.3 is 10.6 Å². The van der Waals surface area contributed by atoms with Crippen LogP contribution in [0.5, 0.6) is 0 Å². The highest BCUT2D eigenvalue weighted by Gasteiger charge is 2.23. The average Bonchev–Trinajstić information content (AvgIpc) is 2.72. The van der Waals surface area contributed by atoms with Crippen molar-refractivity contribution in [1.29, 1.82) is 0 Å². The summed E-state index contributed by atoms with van der Waals surface area (Å²) < 4.78 is 23.3. The molecule has 4 nitrogen and oxygen atoms in total. The number of anilines is 2. The fourth-order valence-corrected chi connectivity index (χ4v) is 2.27. The summed E-state index contributed by atoms with van der Waals surface area (Å²) in [5.41, 5.74) is 10.1. The van der Waals surface area contributed by atoms with Crippen LogP contribution in [0.3, 0.4) is 0 Å². The van der Waals surface area contributed by atoms with Gasteiger partial charge in [-0.3, -0.25) is 4.68 Å². The molecule has 0 aliphatic carbocycles. The molecule has 0 fully saturated rings. The van der Waals surface area contributed by atoms with E-state index in [1.54, 1.807) is 6.20 Å². The van der Waals surface area contributed by atoms with E-state index in [2.05, 4.69) is 5.10 Å². The van der Waals surface area contributed by atoms with Crippen molar-refractivity contribution in [2.24, 2.45) is 6.98 Å². The highest BCUT2D eigenvalue weighted by molar-refractivity contribution is 5.88. The highest BCUT2D eigenvalue weighted by Crippen LogP contribution is 2.40. The maximum absolute atomic E-state index is 7.43. The number of fused-ring (bicyclic) bond motifs is 3. The number of hydrogen-bond acceptors (Lipinski definition) is 3. The van der Waals surface area contributed by atoms with E-state index in [4.69, 9.17) is 9.85 Å². The van der Waals surface area contributed by atoms with Gasteiger partial charge in [0, 0.05) is 42.0 Å². The summed E-state index contributed by atoms with van der Waals surface area (Å²) in [5, 5.41) is 4.21. The lowest BCUT2D eigenvalue weighted by Gasteiger charge is -2.27. The van der Waals surface area contributed by atoms with E-state index >= 15 is 0 Å². The Hall–Kier alpha value is -1.97. The van der Waals surface area contributed by atoms with E-state index in [1.807, 2.05) is 30.1 Å². The molecule has 16 heavy (non-hydrogen) atoms. The van der Waals surface area contributed by atoms with E-state index in [-0.39, 0.29) is 0 Å². The van der Waals surface area contributed by atoms with Crippen molar-refractivity contribution in [3.05, 3.63) is 30.0 Å². The molecular formula is C12H14N4. The molecule has 0 saturated heterocycles. The first-order valence-electron chi connectivity index (χ1n) is 6.57. The van der Waals surface area contributed by atoms with Gasteiger partial charge in [0.2, 0.25) is 0 Å². The van der Waals surface area contributed by atoms with Crippen LogP contribution in [-0.2, 0) is 13.5 Å². The van der Waals surface area contributed by atoms with Crippen LogP contribution in [0.4, 0.5) is 11.4 Å². The molecule has 2 heterocycles. The SMILES string of the molecule is [2H]C([2H])([2H])n1cc2c(n1)-c1cccc(N)c1N(C)C2. The molecule has 2 N–H and O–H groups in total. The molecule has 1 aliphatic heterocycles. The quantitative estimate of drug-likeness (QED) is 0.682. The maximum Gasteiger partial charge on any atom is 0.0994 e. The summed E-state index contributed by atoms with van der Waals surface area (Å²) >= 11 is 0. The lowest BCUT2D eigenvalue weighted by Crippen LogP contribution is -2.22. The molecule has 0 bridgehead atoms. The summed E-state index contributed by atoms with van der Waals surface area (Å²) in [7, 11) is 1.94. The summed E-state index contributed by atoms with van der Waals surface area (Å²) in [6, 6.07) is 5.60. The van der Waals surface area contributed by atoms with Crippen LogP contribution < -0.4 is 10.6 Å². The zero-order valence-corrected chi connectivity index (χ0v) is 8.94. The third kappa shape index (κ3) is 1.13. The molecule has 0 amide bonds. The Morgan fingerprint density at radius 2 is 2.38 bits per heavy atom. The highest BCUT2D eigenvalue weighted by atomic mass is 15.3. The first-order valence-corrected chi connectivity index (χ1v) is 5.07. The maximum atomic E-state index is 7.43. The van der Waals surface area contributed by atoms with Crippen molar-refractivity contribution in [2.45, 2.75) is 6.54 Å². The minimum atomic E-state index is -2.25. The topological polar surface area (TPSA) is 47.1 Å². The zero-order valence-electron chi connectivity index (χ0n) is 11.9. The van der Waals surface area contributed by atoms with Gasteiger partial charge >= 0.3 is 0 Å². The monoisotopic (exact) mass is 217 g/mol. The van der Waals surface area contributed by atoms with E-state index in [1.165, 1.54) is 0 Å². The van der Waals surface area contributed by atoms with Gasteiger partial charge in [0.1, 0.15) is 0 Å². The molecule has 0 radical (unpaired) electrons. The lowest BCUT2D eigenvalue weighted by molar-refractivity contribution is 0.770. The van der Waals surface area contributed by atoms with E-state index in [9.17, 15) is 0 Å². The van der Waals surface area contributed by atoms with E-state index in [0.29, 0.717) is 17.9 Å². The average molecular weight is 217 g/mol. The minimum Gasteiger partial charge on any atom is -0.397 e. The van der Waals surface area contributed by atoms with Crippen LogP contribution in [0.2, 0.25) is 0 Å². The number of aryl methyl sites for hydroxylation is 1. The van der Waals surface area contributed by atoms with Crippen molar-refractivity contribution in [3.8, 4) is 11.3 Å². The van der Waals surface area contributed by atoms with Gasteiger partial charge in [-0.05, 0) is 6.07 Å². The molecule has 2 aromatic rings. The molecule has 3 rings (SSSR count). The molecular weight excluding hydrogens is 200 g/mol. The Bertz CT molecular complexity index is 645. The largest absolute Gasteiger partial charge is 0.397 e. The van der Waals surface area contributed by atoms with Gasteiger partial charge in [-0.15, -0.1) is 0 Å². The van der Waals surface area contributed by atoms with Crippen LogP contribution in [0.15, 0.2) is 24.4 Å². The fraction of sp³-hybridized carbons (Fsp3) is 0.250. The third-order valence-electron chi connectivity index (χ3n) is 2.90. The van der Waals surface area contributed by atoms with Crippen LogP contribution in [0, 0.1) is 0 Å². The van der Waals surface area contributed by atoms with Crippen molar-refractivity contribution in [2.75, 3.05) is 17.7 Å². The number of nitrogens with zero attached hydrogens (tertiary/aromatic N) is 3. The molecule has 0 saturated carbocycles. The number of rotatable bonds is 0. The van der Waals surface area contributed by atoms with E-state index < -0.39 is 6.98 Å². The summed E-state index contributed by atoms with van der Waals surface area (Å²) in [6.45, 7) is -1.65. The van der Waals surface area contributed by atoms with Gasteiger partial charge in [0.15, 0.2) is 0 Å². The fourth-order valence-electron chi connectivity index (χ4n) is 2.27. The van der Waals surface area contributed by atoms with Gasteiger partial charge in [0.25, 0.3) is 0 Å². The van der Waals surface area contributed by atoms with Crippen molar-refractivity contribution < 1.29 is 4.11 Å². The van der Waals surface area contributed by atoms with Crippen molar-refractivity contribution >= 4 is 11.4 Å².